The molecule has 16 heteroatoms. The number of allylic oxidation sites excluding steroid dienone is 1. The Morgan fingerprint density at radius 3 is 1.52 bits per heavy atom. The molecule has 0 saturated carbocycles. The average molecular weight is 459 g/mol. The summed E-state index contributed by atoms with van der Waals surface area (Å²) in [5.74, 6) is -41.4. The monoisotopic (exact) mass is 459 g/mol. The van der Waals surface area contributed by atoms with E-state index in [0.29, 0.717) is 6.20 Å². The minimum atomic E-state index is -8.03. The van der Waals surface area contributed by atoms with Crippen LogP contribution in [0, 0.1) is 0 Å². The molecule has 0 aromatic heterocycles. The van der Waals surface area contributed by atoms with E-state index in [-0.39, 0.29) is 26.3 Å². The molecule has 0 N–H and O–H groups in total. The van der Waals surface area contributed by atoms with Gasteiger partial charge in [-0.2, -0.15) is 57.1 Å². The predicted molar refractivity (Wildman–Crippen MR) is 67.3 cm³/mol. The lowest BCUT2D eigenvalue weighted by Crippen LogP contribution is -2.71. The Kier molecular flexibility index (Phi) is 6.54. The molecular formula is C13H10F13NO2. The van der Waals surface area contributed by atoms with E-state index in [2.05, 4.69) is 0 Å². The maximum atomic E-state index is 13.5. The Labute approximate surface area is 153 Å². The van der Waals surface area contributed by atoms with E-state index in [1.807, 2.05) is 0 Å². The van der Waals surface area contributed by atoms with Crippen LogP contribution in [-0.2, 0) is 9.53 Å². The zero-order chi connectivity index (χ0) is 23.1. The topological polar surface area (TPSA) is 29.5 Å². The van der Waals surface area contributed by atoms with Crippen molar-refractivity contribution >= 4 is 5.78 Å². The van der Waals surface area contributed by atoms with Crippen LogP contribution in [-0.4, -0.2) is 72.8 Å². The molecule has 1 fully saturated rings. The number of carbonyl (C=O) groups excluding carboxylic acids is 1. The molecule has 29 heavy (non-hydrogen) atoms. The SMILES string of the molecule is O=C(/C=C/N1CCOCC1)C(F)(F)C(F)(F)C(F)(F)C(F)(F)C(F)(F)C(F)(F)F. The average Bonchev–Trinajstić information content (AvgIpc) is 2.58. The summed E-state index contributed by atoms with van der Waals surface area (Å²) < 4.78 is 173. The van der Waals surface area contributed by atoms with E-state index in [9.17, 15) is 61.9 Å². The maximum absolute atomic E-state index is 13.5. The third kappa shape index (κ3) is 3.99. The number of carbonyl (C=O) groups is 1. The molecule has 1 rings (SSSR count). The first-order valence-electron chi connectivity index (χ1n) is 7.25. The molecule has 0 aromatic rings. The van der Waals surface area contributed by atoms with Crippen LogP contribution in [0.4, 0.5) is 57.1 Å². The van der Waals surface area contributed by atoms with Gasteiger partial charge in [0.1, 0.15) is 0 Å². The smallest absolute Gasteiger partial charge is 0.378 e. The van der Waals surface area contributed by atoms with Crippen LogP contribution >= 0.6 is 0 Å². The molecule has 1 aliphatic rings. The van der Waals surface area contributed by atoms with Crippen molar-refractivity contribution in [3.8, 4) is 0 Å². The summed E-state index contributed by atoms with van der Waals surface area (Å²) in [5, 5.41) is 0. The fraction of sp³-hybridized carbons (Fsp3) is 0.769. The minimum Gasteiger partial charge on any atom is -0.378 e. The standard InChI is InChI=1S/C13H10F13NO2/c14-8(15,7(28)1-2-27-3-5-29-6-4-27)9(16,17)10(18,19)11(20,21)12(22,23)13(24,25)26/h1-2H,3-6H2/b2-1+. The van der Waals surface area contributed by atoms with Crippen LogP contribution in [0.5, 0.6) is 0 Å². The summed E-state index contributed by atoms with van der Waals surface area (Å²) in [5.41, 5.74) is 0. The number of ether oxygens (including phenoxy) is 1. The van der Waals surface area contributed by atoms with Crippen molar-refractivity contribution in [1.82, 2.24) is 4.90 Å². The summed E-state index contributed by atoms with van der Waals surface area (Å²) in [6, 6.07) is 0. The summed E-state index contributed by atoms with van der Waals surface area (Å²) in [4.78, 5) is 12.2. The second-order valence-corrected chi connectivity index (χ2v) is 5.70. The van der Waals surface area contributed by atoms with Gasteiger partial charge in [0.15, 0.2) is 0 Å². The van der Waals surface area contributed by atoms with E-state index < -0.39 is 47.6 Å². The van der Waals surface area contributed by atoms with Gasteiger partial charge in [0.2, 0.25) is 5.78 Å². The molecule has 0 unspecified atom stereocenters. The number of ketones is 1. The van der Waals surface area contributed by atoms with Gasteiger partial charge in [-0.15, -0.1) is 0 Å². The van der Waals surface area contributed by atoms with Gasteiger partial charge in [0.25, 0.3) is 0 Å². The Morgan fingerprint density at radius 2 is 1.10 bits per heavy atom. The van der Waals surface area contributed by atoms with Gasteiger partial charge in [0.05, 0.1) is 13.2 Å². The first kappa shape index (κ1) is 25.3. The normalized spacial score (nSPS) is 18.4. The first-order chi connectivity index (χ1) is 12.7. The lowest BCUT2D eigenvalue weighted by atomic mass is 9.92. The Morgan fingerprint density at radius 1 is 0.690 bits per heavy atom. The number of hydrogen-bond acceptors (Lipinski definition) is 3. The molecular weight excluding hydrogens is 449 g/mol. The quantitative estimate of drug-likeness (QED) is 0.424. The molecule has 1 heterocycles. The second kappa shape index (κ2) is 7.50. The number of nitrogens with zero attached hydrogens (tertiary/aromatic N) is 1. The van der Waals surface area contributed by atoms with Crippen LogP contribution in [0.15, 0.2) is 12.3 Å². The molecule has 170 valence electrons. The highest BCUT2D eigenvalue weighted by atomic mass is 19.4. The van der Waals surface area contributed by atoms with Crippen LogP contribution in [0.1, 0.15) is 0 Å². The predicted octanol–water partition coefficient (Wildman–Crippen LogP) is 4.14. The Bertz CT molecular complexity index is 635. The molecule has 3 nitrogen and oxygen atoms in total. The fourth-order valence-corrected chi connectivity index (χ4v) is 1.93. The molecule has 0 radical (unpaired) electrons. The first-order valence-corrected chi connectivity index (χ1v) is 7.25. The minimum absolute atomic E-state index is 0.0120. The summed E-state index contributed by atoms with van der Waals surface area (Å²) in [6.07, 6.45) is -7.52. The largest absolute Gasteiger partial charge is 0.460 e. The van der Waals surface area contributed by atoms with E-state index in [4.69, 9.17) is 4.74 Å². The van der Waals surface area contributed by atoms with Crippen molar-refractivity contribution in [3.63, 3.8) is 0 Å². The lowest BCUT2D eigenvalue weighted by molar-refractivity contribution is -0.435. The van der Waals surface area contributed by atoms with Crippen molar-refractivity contribution in [2.75, 3.05) is 26.3 Å². The highest BCUT2D eigenvalue weighted by molar-refractivity contribution is 5.96. The molecule has 0 aromatic carbocycles. The third-order valence-corrected chi connectivity index (χ3v) is 3.73. The van der Waals surface area contributed by atoms with Gasteiger partial charge in [-0.1, -0.05) is 0 Å². The highest BCUT2D eigenvalue weighted by Gasteiger charge is 2.91. The van der Waals surface area contributed by atoms with Gasteiger partial charge in [-0.25, -0.2) is 0 Å². The molecule has 0 amide bonds. The van der Waals surface area contributed by atoms with Gasteiger partial charge >= 0.3 is 35.8 Å². The number of hydrogen-bond donors (Lipinski definition) is 0. The summed E-state index contributed by atoms with van der Waals surface area (Å²) in [6.45, 7) is -0.167. The van der Waals surface area contributed by atoms with Crippen molar-refractivity contribution in [1.29, 1.82) is 0 Å². The van der Waals surface area contributed by atoms with E-state index in [0.717, 1.165) is 4.90 Å². The van der Waals surface area contributed by atoms with Crippen molar-refractivity contribution in [2.45, 2.75) is 35.8 Å². The van der Waals surface area contributed by atoms with Gasteiger partial charge < -0.3 is 9.64 Å². The molecule has 0 bridgehead atoms. The van der Waals surface area contributed by atoms with E-state index in [1.165, 1.54) is 0 Å². The zero-order valence-electron chi connectivity index (χ0n) is 13.7. The number of alkyl halides is 13. The van der Waals surface area contributed by atoms with Gasteiger partial charge in [0, 0.05) is 25.4 Å². The third-order valence-electron chi connectivity index (χ3n) is 3.73. The van der Waals surface area contributed by atoms with Crippen LogP contribution < -0.4 is 0 Å². The zero-order valence-corrected chi connectivity index (χ0v) is 13.7. The van der Waals surface area contributed by atoms with E-state index in [1.54, 1.807) is 0 Å². The summed E-state index contributed by atoms with van der Waals surface area (Å²) >= 11 is 0. The second-order valence-electron chi connectivity index (χ2n) is 5.70. The number of morpholine rings is 1. The van der Waals surface area contributed by atoms with Crippen molar-refractivity contribution < 1.29 is 66.6 Å². The maximum Gasteiger partial charge on any atom is 0.460 e. The number of halogens is 13. The lowest BCUT2D eigenvalue weighted by Gasteiger charge is -2.39. The van der Waals surface area contributed by atoms with Crippen LogP contribution in [0.3, 0.4) is 0 Å². The van der Waals surface area contributed by atoms with Gasteiger partial charge in [-0.05, 0) is 0 Å². The van der Waals surface area contributed by atoms with E-state index >= 15 is 0 Å². The fourth-order valence-electron chi connectivity index (χ4n) is 1.93. The molecule has 0 atom stereocenters. The Balaban J connectivity index is 3.27. The summed E-state index contributed by atoms with van der Waals surface area (Å²) in [7, 11) is 0. The molecule has 0 spiro atoms. The molecule has 1 saturated heterocycles. The van der Waals surface area contributed by atoms with Gasteiger partial charge in [-0.3, -0.25) is 4.79 Å². The van der Waals surface area contributed by atoms with Crippen LogP contribution in [0.25, 0.3) is 0 Å². The Hall–Kier alpha value is -1.74. The highest BCUT2D eigenvalue weighted by Crippen LogP contribution is 2.60. The van der Waals surface area contributed by atoms with Crippen molar-refractivity contribution in [3.05, 3.63) is 12.3 Å². The molecule has 0 aliphatic carbocycles. The van der Waals surface area contributed by atoms with Crippen LogP contribution in [0.2, 0.25) is 0 Å². The van der Waals surface area contributed by atoms with Crippen molar-refractivity contribution in [2.24, 2.45) is 0 Å². The number of rotatable bonds is 7. The molecule has 1 aliphatic heterocycles.